The predicted molar refractivity (Wildman–Crippen MR) is 115 cm³/mol. The van der Waals surface area contributed by atoms with E-state index < -0.39 is 0 Å². The van der Waals surface area contributed by atoms with Gasteiger partial charge in [-0.25, -0.2) is 0 Å². The summed E-state index contributed by atoms with van der Waals surface area (Å²) in [5, 5.41) is 9.84. The zero-order valence-electron chi connectivity index (χ0n) is 14.2. The molecule has 0 aliphatic heterocycles. The topological polar surface area (TPSA) is 24.1 Å². The minimum atomic E-state index is 0.666. The van der Waals surface area contributed by atoms with E-state index in [1.165, 1.54) is 21.9 Å². The lowest BCUT2D eigenvalue weighted by Gasteiger charge is -2.12. The maximum absolute atomic E-state index is 5.39. The molecule has 0 fully saturated rings. The molecule has 3 aromatic rings. The first-order chi connectivity index (χ1) is 12.1. The highest BCUT2D eigenvalue weighted by atomic mass is 79.9. The summed E-state index contributed by atoms with van der Waals surface area (Å²) < 4.78 is 1.10. The summed E-state index contributed by atoms with van der Waals surface area (Å²) >= 11 is 8.90. The molecule has 25 heavy (non-hydrogen) atoms. The first-order valence-electron chi connectivity index (χ1n) is 8.41. The van der Waals surface area contributed by atoms with Crippen LogP contribution in [0, 0.1) is 6.92 Å². The number of rotatable bonds is 5. The van der Waals surface area contributed by atoms with E-state index in [1.54, 1.807) is 0 Å². The molecule has 0 unspecified atom stereocenters. The minimum Gasteiger partial charge on any atom is -0.362 e. The van der Waals surface area contributed by atoms with Crippen LogP contribution in [0.15, 0.2) is 65.1 Å². The normalized spacial score (nSPS) is 10.6. The number of anilines is 1. The van der Waals surface area contributed by atoms with Crippen LogP contribution in [-0.2, 0) is 6.42 Å². The highest BCUT2D eigenvalue weighted by Gasteiger charge is 2.02. The lowest BCUT2D eigenvalue weighted by Crippen LogP contribution is -2.29. The third-order valence-corrected chi connectivity index (χ3v) is 5.34. The molecule has 0 bridgehead atoms. The Labute approximate surface area is 162 Å². The van der Waals surface area contributed by atoms with Crippen LogP contribution < -0.4 is 10.6 Å². The van der Waals surface area contributed by atoms with Gasteiger partial charge in [-0.1, -0.05) is 58.4 Å². The average Bonchev–Trinajstić information content (AvgIpc) is 2.62. The van der Waals surface area contributed by atoms with Crippen LogP contribution in [-0.4, -0.2) is 11.7 Å². The molecule has 0 radical (unpaired) electrons. The molecule has 0 amide bonds. The molecular formula is C21H21BrN2S. The zero-order valence-corrected chi connectivity index (χ0v) is 16.6. The van der Waals surface area contributed by atoms with Gasteiger partial charge in [-0.15, -0.1) is 0 Å². The van der Waals surface area contributed by atoms with Gasteiger partial charge in [-0.2, -0.15) is 0 Å². The summed E-state index contributed by atoms with van der Waals surface area (Å²) in [6.45, 7) is 2.92. The standard InChI is InChI=1S/C21H21BrN2S/c1-15-14-18(11-12-20(15)22)24-21(25)23-13-5-9-17-8-4-7-16-6-2-3-10-19(16)17/h2-4,6-8,10-12,14H,5,9,13H2,1H3,(H2,23,24,25). The monoisotopic (exact) mass is 412 g/mol. The van der Waals surface area contributed by atoms with Crippen molar-refractivity contribution in [2.24, 2.45) is 0 Å². The van der Waals surface area contributed by atoms with E-state index in [4.69, 9.17) is 12.2 Å². The molecule has 3 rings (SSSR count). The zero-order chi connectivity index (χ0) is 17.6. The van der Waals surface area contributed by atoms with Gasteiger partial charge in [-0.05, 0) is 72.1 Å². The van der Waals surface area contributed by atoms with E-state index in [-0.39, 0.29) is 0 Å². The van der Waals surface area contributed by atoms with Crippen LogP contribution >= 0.6 is 28.1 Å². The third kappa shape index (κ3) is 4.80. The summed E-state index contributed by atoms with van der Waals surface area (Å²) in [7, 11) is 0. The fraction of sp³-hybridized carbons (Fsp3) is 0.190. The van der Waals surface area contributed by atoms with E-state index in [0.717, 1.165) is 29.5 Å². The van der Waals surface area contributed by atoms with Crippen molar-refractivity contribution in [1.82, 2.24) is 5.32 Å². The molecule has 0 atom stereocenters. The van der Waals surface area contributed by atoms with Gasteiger partial charge in [-0.3, -0.25) is 0 Å². The number of hydrogen-bond acceptors (Lipinski definition) is 1. The van der Waals surface area contributed by atoms with E-state index in [9.17, 15) is 0 Å². The molecule has 0 aliphatic rings. The smallest absolute Gasteiger partial charge is 0.170 e. The summed E-state index contributed by atoms with van der Waals surface area (Å²) in [5.41, 5.74) is 3.58. The molecule has 0 aliphatic carbocycles. The van der Waals surface area contributed by atoms with Gasteiger partial charge in [0.2, 0.25) is 0 Å². The van der Waals surface area contributed by atoms with Gasteiger partial charge < -0.3 is 10.6 Å². The van der Waals surface area contributed by atoms with Crippen molar-refractivity contribution in [3.05, 3.63) is 76.3 Å². The molecule has 0 spiro atoms. The van der Waals surface area contributed by atoms with Crippen LogP contribution in [0.3, 0.4) is 0 Å². The number of benzene rings is 3. The molecular weight excluding hydrogens is 392 g/mol. The van der Waals surface area contributed by atoms with Crippen LogP contribution in [0.1, 0.15) is 17.5 Å². The summed E-state index contributed by atoms with van der Waals surface area (Å²) in [6, 6.07) is 21.2. The first-order valence-corrected chi connectivity index (χ1v) is 9.61. The Balaban J connectivity index is 1.49. The van der Waals surface area contributed by atoms with Crippen LogP contribution in [0.5, 0.6) is 0 Å². The van der Waals surface area contributed by atoms with E-state index >= 15 is 0 Å². The Morgan fingerprint density at radius 2 is 1.84 bits per heavy atom. The van der Waals surface area contributed by atoms with Crippen LogP contribution in [0.25, 0.3) is 10.8 Å². The van der Waals surface area contributed by atoms with Crippen molar-refractivity contribution >= 4 is 49.7 Å². The second-order valence-corrected chi connectivity index (χ2v) is 7.35. The molecule has 128 valence electrons. The third-order valence-electron chi connectivity index (χ3n) is 4.20. The number of hydrogen-bond donors (Lipinski definition) is 2. The molecule has 2 nitrogen and oxygen atoms in total. The Morgan fingerprint density at radius 3 is 2.68 bits per heavy atom. The van der Waals surface area contributed by atoms with Crippen molar-refractivity contribution in [3.8, 4) is 0 Å². The number of thiocarbonyl (C=S) groups is 1. The second-order valence-electron chi connectivity index (χ2n) is 6.09. The second kappa shape index (κ2) is 8.45. The Hall–Kier alpha value is -1.91. The van der Waals surface area contributed by atoms with Gasteiger partial charge in [0.25, 0.3) is 0 Å². The van der Waals surface area contributed by atoms with Gasteiger partial charge in [0.1, 0.15) is 0 Å². The van der Waals surface area contributed by atoms with Crippen molar-refractivity contribution in [2.75, 3.05) is 11.9 Å². The Bertz CT molecular complexity index is 887. The van der Waals surface area contributed by atoms with Crippen LogP contribution in [0.4, 0.5) is 5.69 Å². The van der Waals surface area contributed by atoms with E-state index in [0.29, 0.717) is 5.11 Å². The first kappa shape index (κ1) is 17.9. The molecule has 0 heterocycles. The minimum absolute atomic E-state index is 0.666. The lowest BCUT2D eigenvalue weighted by molar-refractivity contribution is 0.780. The van der Waals surface area contributed by atoms with Crippen molar-refractivity contribution < 1.29 is 0 Å². The van der Waals surface area contributed by atoms with E-state index in [2.05, 4.69) is 82.0 Å². The van der Waals surface area contributed by atoms with Crippen molar-refractivity contribution in [1.29, 1.82) is 0 Å². The molecule has 4 heteroatoms. The molecule has 3 aromatic carbocycles. The van der Waals surface area contributed by atoms with Crippen molar-refractivity contribution in [2.45, 2.75) is 19.8 Å². The molecule has 0 saturated carbocycles. The molecule has 0 aromatic heterocycles. The largest absolute Gasteiger partial charge is 0.362 e. The number of fused-ring (bicyclic) bond motifs is 1. The van der Waals surface area contributed by atoms with Crippen LogP contribution in [0.2, 0.25) is 0 Å². The number of halogens is 1. The van der Waals surface area contributed by atoms with Crippen molar-refractivity contribution in [3.63, 3.8) is 0 Å². The van der Waals surface area contributed by atoms with E-state index in [1.807, 2.05) is 12.1 Å². The Kier molecular flexibility index (Phi) is 6.05. The quantitative estimate of drug-likeness (QED) is 0.407. The fourth-order valence-corrected chi connectivity index (χ4v) is 3.36. The highest BCUT2D eigenvalue weighted by molar-refractivity contribution is 9.10. The number of nitrogens with one attached hydrogen (secondary N) is 2. The Morgan fingerprint density at radius 1 is 1.04 bits per heavy atom. The SMILES string of the molecule is Cc1cc(NC(=S)NCCCc2cccc3ccccc23)ccc1Br. The lowest BCUT2D eigenvalue weighted by atomic mass is 10.0. The average molecular weight is 413 g/mol. The summed E-state index contributed by atoms with van der Waals surface area (Å²) in [4.78, 5) is 0. The van der Waals surface area contributed by atoms with Gasteiger partial charge >= 0.3 is 0 Å². The molecule has 0 saturated heterocycles. The van der Waals surface area contributed by atoms with Gasteiger partial charge in [0.15, 0.2) is 5.11 Å². The maximum atomic E-state index is 5.39. The molecule has 2 N–H and O–H groups in total. The predicted octanol–water partition coefficient (Wildman–Crippen LogP) is 5.83. The summed E-state index contributed by atoms with van der Waals surface area (Å²) in [6.07, 6.45) is 2.07. The van der Waals surface area contributed by atoms with Gasteiger partial charge in [0, 0.05) is 16.7 Å². The maximum Gasteiger partial charge on any atom is 0.170 e. The fourth-order valence-electron chi connectivity index (χ4n) is 2.89. The summed E-state index contributed by atoms with van der Waals surface area (Å²) in [5.74, 6) is 0. The van der Waals surface area contributed by atoms with Gasteiger partial charge in [0.05, 0.1) is 0 Å². The highest BCUT2D eigenvalue weighted by Crippen LogP contribution is 2.20. The number of aryl methyl sites for hydroxylation is 2.